The van der Waals surface area contributed by atoms with Crippen molar-refractivity contribution < 1.29 is 22.8 Å². The molecule has 2 aromatic rings. The zero-order valence-corrected chi connectivity index (χ0v) is 16.2. The van der Waals surface area contributed by atoms with Crippen LogP contribution in [0.4, 0.5) is 24.5 Å². The van der Waals surface area contributed by atoms with Crippen LogP contribution < -0.4 is 11.1 Å². The summed E-state index contributed by atoms with van der Waals surface area (Å²) in [5, 5.41) is 2.24. The van der Waals surface area contributed by atoms with E-state index in [1.54, 1.807) is 26.0 Å². The largest absolute Gasteiger partial charge is 0.418 e. The Morgan fingerprint density at radius 2 is 1.79 bits per heavy atom. The fourth-order valence-electron chi connectivity index (χ4n) is 2.57. The van der Waals surface area contributed by atoms with E-state index < -0.39 is 23.6 Å². The predicted molar refractivity (Wildman–Crippen MR) is 104 cm³/mol. The Morgan fingerprint density at radius 1 is 1.14 bits per heavy atom. The molecule has 5 nitrogen and oxygen atoms in total. The summed E-state index contributed by atoms with van der Waals surface area (Å²) in [6.45, 7) is 3.24. The van der Waals surface area contributed by atoms with Gasteiger partial charge < -0.3 is 16.0 Å². The molecule has 0 bridgehead atoms. The first kappa shape index (κ1) is 23.3. The topological polar surface area (TPSA) is 75.4 Å². The second-order valence-corrected chi connectivity index (χ2v) is 5.99. The summed E-state index contributed by atoms with van der Waals surface area (Å²) in [6, 6.07) is 9.54. The van der Waals surface area contributed by atoms with Crippen molar-refractivity contribution in [3.63, 3.8) is 0 Å². The van der Waals surface area contributed by atoms with Gasteiger partial charge in [0.05, 0.1) is 11.3 Å². The van der Waals surface area contributed by atoms with Gasteiger partial charge in [-0.3, -0.25) is 9.59 Å². The molecule has 0 fully saturated rings. The molecule has 0 unspecified atom stereocenters. The molecule has 2 aromatic carbocycles. The Morgan fingerprint density at radius 3 is 2.39 bits per heavy atom. The summed E-state index contributed by atoms with van der Waals surface area (Å²) in [6.07, 6.45) is -4.59. The molecule has 2 rings (SSSR count). The highest BCUT2D eigenvalue weighted by Crippen LogP contribution is 2.34. The zero-order chi connectivity index (χ0) is 20.2. The Bertz CT molecular complexity index is 857. The lowest BCUT2D eigenvalue weighted by atomic mass is 10.1. The number of para-hydroxylation sites is 1. The number of rotatable bonds is 5. The molecule has 28 heavy (non-hydrogen) atoms. The molecule has 2 amide bonds. The second kappa shape index (κ2) is 9.45. The maximum absolute atomic E-state index is 13.0. The molecule has 0 aromatic heterocycles. The molecule has 9 heteroatoms. The van der Waals surface area contributed by atoms with Gasteiger partial charge in [0.25, 0.3) is 5.91 Å². The van der Waals surface area contributed by atoms with Gasteiger partial charge in [-0.2, -0.15) is 13.2 Å². The monoisotopic (exact) mass is 415 g/mol. The number of halogens is 4. The molecule has 0 radical (unpaired) electrons. The van der Waals surface area contributed by atoms with Gasteiger partial charge in [0, 0.05) is 17.8 Å². The lowest BCUT2D eigenvalue weighted by Gasteiger charge is -2.22. The molecule has 0 saturated heterocycles. The normalized spacial score (nSPS) is 10.8. The Hall–Kier alpha value is -2.74. The first-order chi connectivity index (χ1) is 12.6. The second-order valence-electron chi connectivity index (χ2n) is 5.99. The summed E-state index contributed by atoms with van der Waals surface area (Å²) in [5.74, 6) is -1.13. The Labute approximate surface area is 167 Å². The highest BCUT2D eigenvalue weighted by molar-refractivity contribution is 6.00. The number of anilines is 2. The molecule has 0 atom stereocenters. The minimum Gasteiger partial charge on any atom is -0.399 e. The number of carbonyl (C=O) groups excluding carboxylic acids is 2. The minimum absolute atomic E-state index is 0. The van der Waals surface area contributed by atoms with Crippen molar-refractivity contribution in [2.24, 2.45) is 0 Å². The number of aryl methyl sites for hydroxylation is 1. The third-order valence-corrected chi connectivity index (χ3v) is 4.00. The van der Waals surface area contributed by atoms with Gasteiger partial charge >= 0.3 is 6.18 Å². The number of alkyl halides is 3. The van der Waals surface area contributed by atoms with Crippen molar-refractivity contribution in [1.29, 1.82) is 0 Å². The van der Waals surface area contributed by atoms with E-state index in [0.29, 0.717) is 16.8 Å². The standard InChI is InChI=1S/C19H20F3N3O2.ClH/c1-3-25(18(27)14-10-13(23)9-8-12(14)2)11-17(26)24-16-7-5-4-6-15(16)19(20,21)22;/h4-10H,3,11,23H2,1-2H3,(H,24,26);1H. The van der Waals surface area contributed by atoms with E-state index in [4.69, 9.17) is 5.73 Å². The van der Waals surface area contributed by atoms with E-state index in [-0.39, 0.29) is 31.2 Å². The van der Waals surface area contributed by atoms with E-state index in [2.05, 4.69) is 5.32 Å². The van der Waals surface area contributed by atoms with Gasteiger partial charge in [0.1, 0.15) is 6.54 Å². The molecule has 0 aliphatic rings. The SMILES string of the molecule is CCN(CC(=O)Nc1ccccc1C(F)(F)F)C(=O)c1cc(N)ccc1C.Cl. The zero-order valence-electron chi connectivity index (χ0n) is 15.3. The van der Waals surface area contributed by atoms with Gasteiger partial charge in [-0.15, -0.1) is 12.4 Å². The number of hydrogen-bond donors (Lipinski definition) is 2. The number of nitrogen functional groups attached to an aromatic ring is 1. The number of amides is 2. The van der Waals surface area contributed by atoms with Gasteiger partial charge in [-0.1, -0.05) is 18.2 Å². The van der Waals surface area contributed by atoms with Crippen LogP contribution in [-0.4, -0.2) is 29.8 Å². The van der Waals surface area contributed by atoms with Crippen molar-refractivity contribution in [1.82, 2.24) is 4.90 Å². The molecule has 0 heterocycles. The van der Waals surface area contributed by atoms with E-state index in [1.807, 2.05) is 0 Å². The van der Waals surface area contributed by atoms with Crippen molar-refractivity contribution >= 4 is 35.6 Å². The van der Waals surface area contributed by atoms with Crippen LogP contribution in [0.15, 0.2) is 42.5 Å². The highest BCUT2D eigenvalue weighted by Gasteiger charge is 2.33. The van der Waals surface area contributed by atoms with E-state index in [1.165, 1.54) is 29.2 Å². The van der Waals surface area contributed by atoms with Crippen LogP contribution in [0.1, 0.15) is 28.4 Å². The van der Waals surface area contributed by atoms with Gasteiger partial charge in [-0.05, 0) is 43.7 Å². The molecule has 0 aliphatic heterocycles. The Kier molecular flexibility index (Phi) is 7.87. The molecule has 0 aliphatic carbocycles. The number of nitrogens with one attached hydrogen (secondary N) is 1. The van der Waals surface area contributed by atoms with Gasteiger partial charge in [0.2, 0.25) is 5.91 Å². The molecule has 3 N–H and O–H groups in total. The average molecular weight is 416 g/mol. The van der Waals surface area contributed by atoms with Crippen LogP contribution in [0.2, 0.25) is 0 Å². The summed E-state index contributed by atoms with van der Waals surface area (Å²) in [7, 11) is 0. The van der Waals surface area contributed by atoms with Crippen molar-refractivity contribution in [2.45, 2.75) is 20.0 Å². The molecular formula is C19H21ClF3N3O2. The third kappa shape index (κ3) is 5.63. The number of carbonyl (C=O) groups is 2. The van der Waals surface area contributed by atoms with Crippen molar-refractivity contribution in [3.05, 3.63) is 59.2 Å². The van der Waals surface area contributed by atoms with Crippen molar-refractivity contribution in [3.8, 4) is 0 Å². The maximum Gasteiger partial charge on any atom is 0.418 e. The van der Waals surface area contributed by atoms with Gasteiger partial charge in [-0.25, -0.2) is 0 Å². The number of hydrogen-bond acceptors (Lipinski definition) is 3. The van der Waals surface area contributed by atoms with E-state index in [9.17, 15) is 22.8 Å². The van der Waals surface area contributed by atoms with Crippen LogP contribution in [0, 0.1) is 6.92 Å². The van der Waals surface area contributed by atoms with Crippen LogP contribution in [0.5, 0.6) is 0 Å². The van der Waals surface area contributed by atoms with Crippen LogP contribution in [0.25, 0.3) is 0 Å². The fraction of sp³-hybridized carbons (Fsp3) is 0.263. The smallest absolute Gasteiger partial charge is 0.399 e. The summed E-state index contributed by atoms with van der Waals surface area (Å²) in [5.41, 5.74) is 5.86. The minimum atomic E-state index is -4.59. The first-order valence-electron chi connectivity index (χ1n) is 8.25. The van der Waals surface area contributed by atoms with Gasteiger partial charge in [0.15, 0.2) is 0 Å². The predicted octanol–water partition coefficient (Wildman–Crippen LogP) is 4.12. The van der Waals surface area contributed by atoms with Crippen LogP contribution >= 0.6 is 12.4 Å². The van der Waals surface area contributed by atoms with Crippen LogP contribution in [-0.2, 0) is 11.0 Å². The quantitative estimate of drug-likeness (QED) is 0.721. The van der Waals surface area contributed by atoms with Crippen molar-refractivity contribution in [2.75, 3.05) is 24.1 Å². The molecule has 152 valence electrons. The van der Waals surface area contributed by atoms with E-state index >= 15 is 0 Å². The fourth-order valence-corrected chi connectivity index (χ4v) is 2.57. The average Bonchev–Trinajstić information content (AvgIpc) is 2.60. The first-order valence-corrected chi connectivity index (χ1v) is 8.25. The number of benzene rings is 2. The highest BCUT2D eigenvalue weighted by atomic mass is 35.5. The lowest BCUT2D eigenvalue weighted by molar-refractivity contribution is -0.137. The molecule has 0 spiro atoms. The van der Waals surface area contributed by atoms with E-state index in [0.717, 1.165) is 6.07 Å². The summed E-state index contributed by atoms with van der Waals surface area (Å²) < 4.78 is 39.1. The Balaban J connectivity index is 0.00000392. The summed E-state index contributed by atoms with van der Waals surface area (Å²) >= 11 is 0. The number of nitrogens with zero attached hydrogens (tertiary/aromatic N) is 1. The third-order valence-electron chi connectivity index (χ3n) is 4.00. The number of likely N-dealkylation sites (N-methyl/N-ethyl adjacent to an activating group) is 1. The summed E-state index contributed by atoms with van der Waals surface area (Å²) in [4.78, 5) is 26.2. The van der Waals surface area contributed by atoms with Crippen LogP contribution in [0.3, 0.4) is 0 Å². The molecule has 0 saturated carbocycles. The number of nitrogens with two attached hydrogens (primary N) is 1. The molecular weight excluding hydrogens is 395 g/mol. The lowest BCUT2D eigenvalue weighted by Crippen LogP contribution is -2.38. The maximum atomic E-state index is 13.0.